The molecule has 0 unspecified atom stereocenters. The first-order valence-corrected chi connectivity index (χ1v) is 11.9. The van der Waals surface area contributed by atoms with Crippen molar-refractivity contribution >= 4 is 28.4 Å². The van der Waals surface area contributed by atoms with Crippen LogP contribution < -0.4 is 15.5 Å². The molecule has 4 aromatic rings. The van der Waals surface area contributed by atoms with Gasteiger partial charge in [0.15, 0.2) is 0 Å². The Morgan fingerprint density at radius 2 is 1.68 bits per heavy atom. The number of carbonyl (C=O) groups excluding carboxylic acids is 1. The number of para-hydroxylation sites is 1. The molecule has 0 spiro atoms. The Morgan fingerprint density at radius 1 is 0.912 bits per heavy atom. The van der Waals surface area contributed by atoms with Crippen molar-refractivity contribution < 1.29 is 4.79 Å². The first kappa shape index (κ1) is 21.9. The lowest BCUT2D eigenvalue weighted by Gasteiger charge is -2.32. The summed E-state index contributed by atoms with van der Waals surface area (Å²) in [6.07, 6.45) is 4.99. The fourth-order valence-corrected chi connectivity index (χ4v) is 4.52. The van der Waals surface area contributed by atoms with E-state index >= 15 is 0 Å². The van der Waals surface area contributed by atoms with Crippen molar-refractivity contribution in [2.24, 2.45) is 5.92 Å². The van der Waals surface area contributed by atoms with E-state index in [9.17, 15) is 4.79 Å². The Kier molecular flexibility index (Phi) is 6.66. The molecular weight excluding hydrogens is 422 g/mol. The molecule has 0 atom stereocenters. The van der Waals surface area contributed by atoms with Crippen molar-refractivity contribution in [3.63, 3.8) is 0 Å². The Hall–Kier alpha value is -3.93. The van der Waals surface area contributed by atoms with Crippen molar-refractivity contribution in [2.75, 3.05) is 29.9 Å². The van der Waals surface area contributed by atoms with Crippen LogP contribution in [0.25, 0.3) is 22.0 Å². The zero-order chi connectivity index (χ0) is 23.2. The molecule has 5 rings (SSSR count). The molecule has 1 saturated heterocycles. The molecule has 34 heavy (non-hydrogen) atoms. The molecule has 0 radical (unpaired) electrons. The Morgan fingerprint density at radius 3 is 2.50 bits per heavy atom. The van der Waals surface area contributed by atoms with E-state index in [-0.39, 0.29) is 6.03 Å². The van der Waals surface area contributed by atoms with Gasteiger partial charge in [-0.25, -0.2) is 14.8 Å². The fourth-order valence-electron chi connectivity index (χ4n) is 4.52. The smallest absolute Gasteiger partial charge is 0.319 e. The number of aromatic nitrogens is 2. The molecule has 0 bridgehead atoms. The number of piperidine rings is 1. The fraction of sp³-hybridized carbons (Fsp3) is 0.250. The molecule has 0 aliphatic carbocycles. The van der Waals surface area contributed by atoms with Crippen LogP contribution in [0.5, 0.6) is 0 Å². The van der Waals surface area contributed by atoms with Gasteiger partial charge in [0.1, 0.15) is 0 Å². The van der Waals surface area contributed by atoms with Crippen LogP contribution in [-0.2, 0) is 0 Å². The van der Waals surface area contributed by atoms with E-state index in [4.69, 9.17) is 4.98 Å². The van der Waals surface area contributed by atoms with Gasteiger partial charge in [0.05, 0.1) is 5.69 Å². The number of fused-ring (bicyclic) bond motifs is 1. The zero-order valence-corrected chi connectivity index (χ0v) is 19.2. The first-order chi connectivity index (χ1) is 16.7. The number of rotatable bonds is 6. The quantitative estimate of drug-likeness (QED) is 0.393. The predicted molar refractivity (Wildman–Crippen MR) is 138 cm³/mol. The maximum absolute atomic E-state index is 12.1. The summed E-state index contributed by atoms with van der Waals surface area (Å²) in [6.45, 7) is 2.54. The van der Waals surface area contributed by atoms with Crippen LogP contribution in [0.2, 0.25) is 0 Å². The highest BCUT2D eigenvalue weighted by atomic mass is 16.2. The molecule has 2 N–H and O–H groups in total. The molecule has 1 fully saturated rings. The normalized spacial score (nSPS) is 14.2. The molecule has 172 valence electrons. The molecule has 2 amide bonds. The number of amides is 2. The zero-order valence-electron chi connectivity index (χ0n) is 19.2. The second kappa shape index (κ2) is 10.3. The monoisotopic (exact) mass is 451 g/mol. The maximum atomic E-state index is 12.1. The van der Waals surface area contributed by atoms with Crippen LogP contribution >= 0.6 is 0 Å². The number of carbonyl (C=O) groups is 1. The summed E-state index contributed by atoms with van der Waals surface area (Å²) in [5.74, 6) is 1.39. The van der Waals surface area contributed by atoms with Gasteiger partial charge >= 0.3 is 6.03 Å². The van der Waals surface area contributed by atoms with Crippen LogP contribution in [0.15, 0.2) is 85.1 Å². The van der Waals surface area contributed by atoms with Gasteiger partial charge in [-0.05, 0) is 60.2 Å². The third-order valence-electron chi connectivity index (χ3n) is 6.46. The largest absolute Gasteiger partial charge is 0.341 e. The Bertz CT molecular complexity index is 1250. The summed E-state index contributed by atoms with van der Waals surface area (Å²) >= 11 is 0. The van der Waals surface area contributed by atoms with Crippen LogP contribution in [0.3, 0.4) is 0 Å². The van der Waals surface area contributed by atoms with Crippen molar-refractivity contribution in [3.8, 4) is 11.3 Å². The molecule has 1 aromatic heterocycles. The SMILES string of the molecule is O=C(NCCC1CCN(c2nccc(-c3ccc4ccccc4c3)n2)CC1)Nc1ccccc1. The summed E-state index contributed by atoms with van der Waals surface area (Å²) in [6, 6.07) is 26.2. The highest BCUT2D eigenvalue weighted by Gasteiger charge is 2.21. The summed E-state index contributed by atoms with van der Waals surface area (Å²) < 4.78 is 0. The highest BCUT2D eigenvalue weighted by molar-refractivity contribution is 5.89. The van der Waals surface area contributed by atoms with Crippen molar-refractivity contribution in [2.45, 2.75) is 19.3 Å². The van der Waals surface area contributed by atoms with Crippen LogP contribution in [0.1, 0.15) is 19.3 Å². The molecular formula is C28H29N5O. The second-order valence-electron chi connectivity index (χ2n) is 8.77. The van der Waals surface area contributed by atoms with E-state index in [2.05, 4.69) is 63.0 Å². The van der Waals surface area contributed by atoms with Crippen LogP contribution in [0, 0.1) is 5.92 Å². The molecule has 6 heteroatoms. The first-order valence-electron chi connectivity index (χ1n) is 11.9. The van der Waals surface area contributed by atoms with Gasteiger partial charge in [-0.2, -0.15) is 0 Å². The molecule has 0 saturated carbocycles. The van der Waals surface area contributed by atoms with Gasteiger partial charge in [0.2, 0.25) is 5.95 Å². The number of nitrogens with zero attached hydrogens (tertiary/aromatic N) is 3. The van der Waals surface area contributed by atoms with E-state index in [1.807, 2.05) is 42.6 Å². The predicted octanol–water partition coefficient (Wildman–Crippen LogP) is 5.73. The van der Waals surface area contributed by atoms with Crippen molar-refractivity contribution in [1.82, 2.24) is 15.3 Å². The van der Waals surface area contributed by atoms with E-state index in [0.29, 0.717) is 12.5 Å². The van der Waals surface area contributed by atoms with Crippen molar-refractivity contribution in [1.29, 1.82) is 0 Å². The number of anilines is 2. The lowest BCUT2D eigenvalue weighted by molar-refractivity contribution is 0.250. The summed E-state index contributed by atoms with van der Waals surface area (Å²) in [5.41, 5.74) is 2.86. The van der Waals surface area contributed by atoms with Gasteiger partial charge in [-0.3, -0.25) is 0 Å². The van der Waals surface area contributed by atoms with Crippen LogP contribution in [-0.4, -0.2) is 35.6 Å². The summed E-state index contributed by atoms with van der Waals surface area (Å²) in [4.78, 5) is 23.8. The third kappa shape index (κ3) is 5.34. The average molecular weight is 452 g/mol. The number of hydrogen-bond acceptors (Lipinski definition) is 4. The number of hydrogen-bond donors (Lipinski definition) is 2. The standard InChI is InChI=1S/C28H29N5O/c34-28(31-25-8-2-1-3-9-25)30-16-12-21-14-18-33(19-15-21)27-29-17-13-26(32-27)24-11-10-22-6-4-5-7-23(22)20-24/h1-11,13,17,20-21H,12,14-16,18-19H2,(H2,30,31,34). The lowest BCUT2D eigenvalue weighted by Crippen LogP contribution is -2.36. The molecule has 6 nitrogen and oxygen atoms in total. The number of nitrogens with one attached hydrogen (secondary N) is 2. The minimum atomic E-state index is -0.150. The van der Waals surface area contributed by atoms with Gasteiger partial charge in [0, 0.05) is 37.1 Å². The van der Waals surface area contributed by atoms with Gasteiger partial charge in [-0.15, -0.1) is 0 Å². The minimum absolute atomic E-state index is 0.150. The summed E-state index contributed by atoms with van der Waals surface area (Å²) in [7, 11) is 0. The van der Waals surface area contributed by atoms with E-state index < -0.39 is 0 Å². The van der Waals surface area contributed by atoms with E-state index in [1.165, 1.54) is 10.8 Å². The van der Waals surface area contributed by atoms with Gasteiger partial charge in [-0.1, -0.05) is 54.6 Å². The summed E-state index contributed by atoms with van der Waals surface area (Å²) in [5, 5.41) is 8.28. The average Bonchev–Trinajstić information content (AvgIpc) is 2.89. The number of benzene rings is 3. The van der Waals surface area contributed by atoms with Crippen LogP contribution in [0.4, 0.5) is 16.4 Å². The highest BCUT2D eigenvalue weighted by Crippen LogP contribution is 2.26. The van der Waals surface area contributed by atoms with Gasteiger partial charge < -0.3 is 15.5 Å². The molecule has 1 aliphatic rings. The second-order valence-corrected chi connectivity index (χ2v) is 8.77. The lowest BCUT2D eigenvalue weighted by atomic mass is 9.94. The van der Waals surface area contributed by atoms with Gasteiger partial charge in [0.25, 0.3) is 0 Å². The maximum Gasteiger partial charge on any atom is 0.319 e. The Balaban J connectivity index is 1.12. The Labute approximate surface area is 200 Å². The molecule has 1 aliphatic heterocycles. The number of urea groups is 1. The topological polar surface area (TPSA) is 70.2 Å². The minimum Gasteiger partial charge on any atom is -0.341 e. The molecule has 3 aromatic carbocycles. The van der Waals surface area contributed by atoms with E-state index in [0.717, 1.165) is 55.2 Å². The third-order valence-corrected chi connectivity index (χ3v) is 6.46. The van der Waals surface area contributed by atoms with E-state index in [1.54, 1.807) is 0 Å². The van der Waals surface area contributed by atoms with Crippen molar-refractivity contribution in [3.05, 3.63) is 85.1 Å². The molecule has 2 heterocycles.